The van der Waals surface area contributed by atoms with Gasteiger partial charge in [-0.15, -0.1) is 0 Å². The summed E-state index contributed by atoms with van der Waals surface area (Å²) in [5.41, 5.74) is 0.957. The molecular formula is C12H10F4IN3S. The summed E-state index contributed by atoms with van der Waals surface area (Å²) in [4.78, 5) is 3.99. The summed E-state index contributed by atoms with van der Waals surface area (Å²) in [6, 6.07) is 2.94. The highest BCUT2D eigenvalue weighted by Crippen LogP contribution is 2.29. The molecule has 0 spiro atoms. The molecule has 0 saturated carbocycles. The maximum Gasteiger partial charge on any atom is 0.398 e. The summed E-state index contributed by atoms with van der Waals surface area (Å²) in [5.74, 6) is -1.48. The largest absolute Gasteiger partial charge is 0.398 e. The van der Waals surface area contributed by atoms with Crippen LogP contribution in [0.15, 0.2) is 17.3 Å². The number of thioether (sulfide) groups is 1. The lowest BCUT2D eigenvalue weighted by molar-refractivity contribution is -0.105. The molecule has 1 aromatic carbocycles. The first-order chi connectivity index (χ1) is 9.67. The molecule has 0 N–H and O–H groups in total. The molecule has 21 heavy (non-hydrogen) atoms. The minimum atomic E-state index is -4.29. The van der Waals surface area contributed by atoms with Crippen molar-refractivity contribution < 1.29 is 17.6 Å². The average Bonchev–Trinajstić information content (AvgIpc) is 2.72. The van der Waals surface area contributed by atoms with E-state index in [0.717, 1.165) is 9.13 Å². The molecule has 2 rings (SSSR count). The Balaban J connectivity index is 2.32. The van der Waals surface area contributed by atoms with Gasteiger partial charge in [0, 0.05) is 10.6 Å². The molecule has 0 aliphatic heterocycles. The van der Waals surface area contributed by atoms with E-state index in [2.05, 4.69) is 32.7 Å². The second-order valence-electron chi connectivity index (χ2n) is 4.33. The lowest BCUT2D eigenvalue weighted by Crippen LogP contribution is -2.11. The molecular weight excluding hydrogens is 421 g/mol. The van der Waals surface area contributed by atoms with E-state index < -0.39 is 17.7 Å². The molecule has 0 fully saturated rings. The fourth-order valence-electron chi connectivity index (χ4n) is 1.57. The standard InChI is InChI=1S/C12H10F4IN3S/c1-6-3-8(13)7(4-9(6)17)10-18-11(20(2)19-10)21-5-12(14,15)16/h3-4H,5H2,1-2H3. The summed E-state index contributed by atoms with van der Waals surface area (Å²) in [5, 5.41) is 4.08. The predicted molar refractivity (Wildman–Crippen MR) is 80.6 cm³/mol. The summed E-state index contributed by atoms with van der Waals surface area (Å²) in [6.07, 6.45) is -4.29. The zero-order valence-electron chi connectivity index (χ0n) is 11.0. The second kappa shape index (κ2) is 6.11. The van der Waals surface area contributed by atoms with Gasteiger partial charge in [-0.05, 0) is 47.2 Å². The molecule has 2 aromatic rings. The maximum atomic E-state index is 14.0. The summed E-state index contributed by atoms with van der Waals surface area (Å²) < 4.78 is 52.7. The first-order valence-electron chi connectivity index (χ1n) is 5.74. The first-order valence-corrected chi connectivity index (χ1v) is 7.80. The smallest absolute Gasteiger partial charge is 0.243 e. The van der Waals surface area contributed by atoms with Gasteiger partial charge in [0.1, 0.15) is 5.82 Å². The Morgan fingerprint density at radius 1 is 1.33 bits per heavy atom. The normalized spacial score (nSPS) is 12.0. The Morgan fingerprint density at radius 3 is 2.62 bits per heavy atom. The van der Waals surface area contributed by atoms with E-state index in [-0.39, 0.29) is 16.5 Å². The molecule has 1 aromatic heterocycles. The number of aryl methyl sites for hydroxylation is 2. The van der Waals surface area contributed by atoms with E-state index in [9.17, 15) is 17.6 Å². The third-order valence-corrected chi connectivity index (χ3v) is 4.82. The van der Waals surface area contributed by atoms with E-state index in [0.29, 0.717) is 11.8 Å². The minimum Gasteiger partial charge on any atom is -0.243 e. The maximum absolute atomic E-state index is 14.0. The lowest BCUT2D eigenvalue weighted by Gasteiger charge is -2.04. The minimum absolute atomic E-state index is 0.0811. The summed E-state index contributed by atoms with van der Waals surface area (Å²) in [7, 11) is 1.48. The molecule has 0 atom stereocenters. The molecule has 0 unspecified atom stereocenters. The van der Waals surface area contributed by atoms with Crippen LogP contribution in [0.1, 0.15) is 5.56 Å². The van der Waals surface area contributed by atoms with Crippen molar-refractivity contribution in [3.63, 3.8) is 0 Å². The average molecular weight is 431 g/mol. The van der Waals surface area contributed by atoms with Crippen molar-refractivity contribution in [1.82, 2.24) is 14.8 Å². The van der Waals surface area contributed by atoms with E-state index >= 15 is 0 Å². The van der Waals surface area contributed by atoms with Crippen molar-refractivity contribution >= 4 is 34.4 Å². The number of alkyl halides is 3. The summed E-state index contributed by atoms with van der Waals surface area (Å²) >= 11 is 2.58. The zero-order chi connectivity index (χ0) is 15.8. The SMILES string of the molecule is Cc1cc(F)c(-c2nc(SCC(F)(F)F)n(C)n2)cc1I. The fourth-order valence-corrected chi connectivity index (χ4v) is 2.71. The van der Waals surface area contributed by atoms with Crippen molar-refractivity contribution in [1.29, 1.82) is 0 Å². The van der Waals surface area contributed by atoms with Crippen molar-refractivity contribution in [2.45, 2.75) is 18.3 Å². The molecule has 0 radical (unpaired) electrons. The van der Waals surface area contributed by atoms with E-state index in [1.54, 1.807) is 13.0 Å². The Bertz CT molecular complexity index is 669. The van der Waals surface area contributed by atoms with Crippen LogP contribution in [0, 0.1) is 16.3 Å². The number of benzene rings is 1. The van der Waals surface area contributed by atoms with Gasteiger partial charge in [-0.1, -0.05) is 11.8 Å². The molecule has 0 saturated heterocycles. The lowest BCUT2D eigenvalue weighted by atomic mass is 10.1. The van der Waals surface area contributed by atoms with Crippen LogP contribution in [0.3, 0.4) is 0 Å². The van der Waals surface area contributed by atoms with Crippen LogP contribution < -0.4 is 0 Å². The Hall–Kier alpha value is -0.840. The van der Waals surface area contributed by atoms with E-state index in [1.807, 2.05) is 0 Å². The Kier molecular flexibility index (Phi) is 4.81. The zero-order valence-corrected chi connectivity index (χ0v) is 14.0. The Labute approximate surface area is 136 Å². The van der Waals surface area contributed by atoms with Crippen LogP contribution in [-0.2, 0) is 7.05 Å². The van der Waals surface area contributed by atoms with Crippen molar-refractivity contribution in [2.24, 2.45) is 7.05 Å². The number of hydrogen-bond donors (Lipinski definition) is 0. The second-order valence-corrected chi connectivity index (χ2v) is 6.43. The van der Waals surface area contributed by atoms with Gasteiger partial charge in [-0.2, -0.15) is 18.3 Å². The van der Waals surface area contributed by atoms with Gasteiger partial charge < -0.3 is 0 Å². The monoisotopic (exact) mass is 431 g/mol. The molecule has 1 heterocycles. The third kappa shape index (κ3) is 4.09. The van der Waals surface area contributed by atoms with Crippen LogP contribution in [0.4, 0.5) is 17.6 Å². The third-order valence-electron chi connectivity index (χ3n) is 2.58. The van der Waals surface area contributed by atoms with Crippen molar-refractivity contribution in [2.75, 3.05) is 5.75 Å². The van der Waals surface area contributed by atoms with Gasteiger partial charge in [-0.3, -0.25) is 0 Å². The number of hydrogen-bond acceptors (Lipinski definition) is 3. The number of rotatable bonds is 3. The highest BCUT2D eigenvalue weighted by molar-refractivity contribution is 14.1. The van der Waals surface area contributed by atoms with Gasteiger partial charge in [0.2, 0.25) is 0 Å². The molecule has 0 aliphatic carbocycles. The number of aromatic nitrogens is 3. The van der Waals surface area contributed by atoms with Gasteiger partial charge in [0.15, 0.2) is 11.0 Å². The first kappa shape index (κ1) is 16.5. The van der Waals surface area contributed by atoms with E-state index in [4.69, 9.17) is 0 Å². The quantitative estimate of drug-likeness (QED) is 0.415. The van der Waals surface area contributed by atoms with Gasteiger partial charge in [0.05, 0.1) is 11.3 Å². The Morgan fingerprint density at radius 2 is 2.00 bits per heavy atom. The van der Waals surface area contributed by atoms with Gasteiger partial charge in [0.25, 0.3) is 0 Å². The molecule has 0 amide bonds. The van der Waals surface area contributed by atoms with Crippen molar-refractivity contribution in [3.8, 4) is 11.4 Å². The molecule has 0 aliphatic rings. The van der Waals surface area contributed by atoms with Gasteiger partial charge in [-0.25, -0.2) is 14.1 Å². The highest BCUT2D eigenvalue weighted by Gasteiger charge is 2.28. The van der Waals surface area contributed by atoms with Crippen LogP contribution in [0.2, 0.25) is 0 Å². The van der Waals surface area contributed by atoms with Crippen LogP contribution >= 0.6 is 34.4 Å². The molecule has 3 nitrogen and oxygen atoms in total. The fraction of sp³-hybridized carbons (Fsp3) is 0.333. The molecule has 9 heteroatoms. The van der Waals surface area contributed by atoms with Crippen LogP contribution in [0.5, 0.6) is 0 Å². The van der Waals surface area contributed by atoms with Crippen LogP contribution in [0.25, 0.3) is 11.4 Å². The number of nitrogens with zero attached hydrogens (tertiary/aromatic N) is 3. The summed E-state index contributed by atoms with van der Waals surface area (Å²) in [6.45, 7) is 1.77. The number of halogens is 5. The van der Waals surface area contributed by atoms with Crippen LogP contribution in [-0.4, -0.2) is 26.7 Å². The molecule has 114 valence electrons. The molecule has 0 bridgehead atoms. The topological polar surface area (TPSA) is 30.7 Å². The van der Waals surface area contributed by atoms with E-state index in [1.165, 1.54) is 17.8 Å². The van der Waals surface area contributed by atoms with Gasteiger partial charge >= 0.3 is 6.18 Å². The highest BCUT2D eigenvalue weighted by atomic mass is 127. The van der Waals surface area contributed by atoms with Crippen molar-refractivity contribution in [3.05, 3.63) is 27.1 Å². The predicted octanol–water partition coefficient (Wildman–Crippen LogP) is 4.19.